The average molecular weight is 253 g/mol. The van der Waals surface area contributed by atoms with Gasteiger partial charge in [0, 0.05) is 11.6 Å². The number of nitrogen functional groups attached to an aromatic ring is 1. The number of carbonyl (C=O) groups excluding carboxylic acids is 2. The molecule has 1 aromatic carbocycles. The molecule has 4 N–H and O–H groups in total. The third-order valence-corrected chi connectivity index (χ3v) is 2.12. The Labute approximate surface area is 105 Å². The fourth-order valence-electron chi connectivity index (χ4n) is 1.32. The molecule has 0 aliphatic heterocycles. The minimum absolute atomic E-state index is 0.0101. The van der Waals surface area contributed by atoms with Crippen molar-refractivity contribution in [2.75, 3.05) is 12.3 Å². The van der Waals surface area contributed by atoms with Crippen LogP contribution in [0.2, 0.25) is 0 Å². The van der Waals surface area contributed by atoms with E-state index < -0.39 is 11.7 Å². The van der Waals surface area contributed by atoms with Crippen molar-refractivity contribution in [3.05, 3.63) is 29.6 Å². The van der Waals surface area contributed by atoms with Crippen molar-refractivity contribution in [2.24, 2.45) is 0 Å². The standard InChI is InChI=1S/C12H16FN3O2/c1-7(2)16-11(17)6-15-12(18)8-3-4-9(13)10(14)5-8/h3-5,7H,6,14H2,1-2H3,(H,15,18)(H,16,17). The van der Waals surface area contributed by atoms with Crippen LogP contribution in [-0.2, 0) is 4.79 Å². The molecule has 0 fully saturated rings. The van der Waals surface area contributed by atoms with Gasteiger partial charge in [-0.1, -0.05) is 0 Å². The van der Waals surface area contributed by atoms with E-state index in [1.165, 1.54) is 12.1 Å². The summed E-state index contributed by atoms with van der Waals surface area (Å²) in [7, 11) is 0. The van der Waals surface area contributed by atoms with Crippen molar-refractivity contribution >= 4 is 17.5 Å². The average Bonchev–Trinajstić information content (AvgIpc) is 2.28. The number of hydrogen-bond donors (Lipinski definition) is 3. The van der Waals surface area contributed by atoms with Crippen LogP contribution in [0.5, 0.6) is 0 Å². The first-order valence-electron chi connectivity index (χ1n) is 5.52. The maximum atomic E-state index is 12.9. The zero-order valence-electron chi connectivity index (χ0n) is 10.3. The summed E-state index contributed by atoms with van der Waals surface area (Å²) in [6, 6.07) is 3.65. The molecule has 18 heavy (non-hydrogen) atoms. The summed E-state index contributed by atoms with van der Waals surface area (Å²) in [6.07, 6.45) is 0. The van der Waals surface area contributed by atoms with Crippen LogP contribution in [0, 0.1) is 5.82 Å². The lowest BCUT2D eigenvalue weighted by Gasteiger charge is -2.09. The van der Waals surface area contributed by atoms with Gasteiger partial charge in [0.2, 0.25) is 5.91 Å². The summed E-state index contributed by atoms with van der Waals surface area (Å²) >= 11 is 0. The molecule has 1 rings (SSSR count). The van der Waals surface area contributed by atoms with Crippen molar-refractivity contribution < 1.29 is 14.0 Å². The number of halogens is 1. The summed E-state index contributed by atoms with van der Waals surface area (Å²) < 4.78 is 12.9. The van der Waals surface area contributed by atoms with Crippen LogP contribution in [0.25, 0.3) is 0 Å². The van der Waals surface area contributed by atoms with E-state index in [9.17, 15) is 14.0 Å². The summed E-state index contributed by atoms with van der Waals surface area (Å²) in [4.78, 5) is 22.9. The molecule has 6 heteroatoms. The van der Waals surface area contributed by atoms with E-state index in [2.05, 4.69) is 10.6 Å². The molecule has 1 aromatic rings. The third-order valence-electron chi connectivity index (χ3n) is 2.12. The highest BCUT2D eigenvalue weighted by atomic mass is 19.1. The second-order valence-electron chi connectivity index (χ2n) is 4.14. The first-order valence-corrected chi connectivity index (χ1v) is 5.52. The summed E-state index contributed by atoms with van der Waals surface area (Å²) in [6.45, 7) is 3.51. The minimum Gasteiger partial charge on any atom is -0.396 e. The van der Waals surface area contributed by atoms with Gasteiger partial charge >= 0.3 is 0 Å². The summed E-state index contributed by atoms with van der Waals surface area (Å²) in [5.74, 6) is -1.34. The van der Waals surface area contributed by atoms with Gasteiger partial charge in [-0.05, 0) is 32.0 Å². The Balaban J connectivity index is 2.55. The van der Waals surface area contributed by atoms with Gasteiger partial charge in [0.25, 0.3) is 5.91 Å². The monoisotopic (exact) mass is 253 g/mol. The molecule has 0 saturated carbocycles. The Bertz CT molecular complexity index is 461. The lowest BCUT2D eigenvalue weighted by molar-refractivity contribution is -0.120. The predicted molar refractivity (Wildman–Crippen MR) is 66.4 cm³/mol. The van der Waals surface area contributed by atoms with Crippen molar-refractivity contribution in [3.63, 3.8) is 0 Å². The molecular weight excluding hydrogens is 237 g/mol. The predicted octanol–water partition coefficient (Wildman–Crippen LogP) is 0.662. The fraction of sp³-hybridized carbons (Fsp3) is 0.333. The SMILES string of the molecule is CC(C)NC(=O)CNC(=O)c1ccc(F)c(N)c1. The second-order valence-corrected chi connectivity index (χ2v) is 4.14. The topological polar surface area (TPSA) is 84.2 Å². The van der Waals surface area contributed by atoms with E-state index in [1.54, 1.807) is 0 Å². The number of anilines is 1. The van der Waals surface area contributed by atoms with Gasteiger partial charge < -0.3 is 16.4 Å². The molecule has 0 heterocycles. The van der Waals surface area contributed by atoms with E-state index in [0.717, 1.165) is 6.07 Å². The van der Waals surface area contributed by atoms with Gasteiger partial charge in [0.05, 0.1) is 12.2 Å². The first-order chi connectivity index (χ1) is 8.40. The van der Waals surface area contributed by atoms with Gasteiger partial charge in [-0.25, -0.2) is 4.39 Å². The quantitative estimate of drug-likeness (QED) is 0.689. The van der Waals surface area contributed by atoms with Crippen LogP contribution in [-0.4, -0.2) is 24.4 Å². The highest BCUT2D eigenvalue weighted by molar-refractivity contribution is 5.97. The second kappa shape index (κ2) is 6.00. The smallest absolute Gasteiger partial charge is 0.251 e. The molecule has 0 radical (unpaired) electrons. The van der Waals surface area contributed by atoms with Crippen LogP contribution in [0.15, 0.2) is 18.2 Å². The molecule has 0 aliphatic carbocycles. The maximum absolute atomic E-state index is 12.9. The first kappa shape index (κ1) is 14.0. The molecule has 0 saturated heterocycles. The number of carbonyl (C=O) groups is 2. The zero-order chi connectivity index (χ0) is 13.7. The number of nitrogens with one attached hydrogen (secondary N) is 2. The molecule has 98 valence electrons. The van der Waals surface area contributed by atoms with Gasteiger partial charge in [-0.3, -0.25) is 9.59 Å². The van der Waals surface area contributed by atoms with E-state index in [-0.39, 0.29) is 29.7 Å². The Kier molecular flexibility index (Phi) is 4.65. The van der Waals surface area contributed by atoms with Crippen LogP contribution < -0.4 is 16.4 Å². The Morgan fingerprint density at radius 2 is 2.06 bits per heavy atom. The number of rotatable bonds is 4. The summed E-state index contributed by atoms with van der Waals surface area (Å²) in [5, 5.41) is 5.05. The van der Waals surface area contributed by atoms with Crippen LogP contribution in [0.1, 0.15) is 24.2 Å². The highest BCUT2D eigenvalue weighted by Crippen LogP contribution is 2.11. The lowest BCUT2D eigenvalue weighted by Crippen LogP contribution is -2.39. The molecule has 2 amide bonds. The minimum atomic E-state index is -0.580. The van der Waals surface area contributed by atoms with Crippen LogP contribution >= 0.6 is 0 Å². The molecule has 0 aromatic heterocycles. The van der Waals surface area contributed by atoms with E-state index in [1.807, 2.05) is 13.8 Å². The van der Waals surface area contributed by atoms with E-state index in [4.69, 9.17) is 5.73 Å². The number of nitrogens with two attached hydrogens (primary N) is 1. The van der Waals surface area contributed by atoms with Gasteiger partial charge in [0.15, 0.2) is 0 Å². The third kappa shape index (κ3) is 4.04. The summed E-state index contributed by atoms with van der Waals surface area (Å²) in [5.41, 5.74) is 5.46. The van der Waals surface area contributed by atoms with Gasteiger partial charge in [-0.15, -0.1) is 0 Å². The fourth-order valence-corrected chi connectivity index (χ4v) is 1.32. The maximum Gasteiger partial charge on any atom is 0.251 e. The molecule has 5 nitrogen and oxygen atoms in total. The van der Waals surface area contributed by atoms with Gasteiger partial charge in [0.1, 0.15) is 5.82 Å². The van der Waals surface area contributed by atoms with Crippen LogP contribution in [0.4, 0.5) is 10.1 Å². The Morgan fingerprint density at radius 3 is 2.61 bits per heavy atom. The molecular formula is C12H16FN3O2. The number of benzene rings is 1. The highest BCUT2D eigenvalue weighted by Gasteiger charge is 2.10. The van der Waals surface area contributed by atoms with Crippen molar-refractivity contribution in [3.8, 4) is 0 Å². The number of hydrogen-bond acceptors (Lipinski definition) is 3. The van der Waals surface area contributed by atoms with Crippen molar-refractivity contribution in [2.45, 2.75) is 19.9 Å². The van der Waals surface area contributed by atoms with Crippen molar-refractivity contribution in [1.82, 2.24) is 10.6 Å². The van der Waals surface area contributed by atoms with E-state index in [0.29, 0.717) is 0 Å². The Hall–Kier alpha value is -2.11. The zero-order valence-corrected chi connectivity index (χ0v) is 10.3. The molecule has 0 bridgehead atoms. The number of amides is 2. The Morgan fingerprint density at radius 1 is 1.39 bits per heavy atom. The normalized spacial score (nSPS) is 10.2. The van der Waals surface area contributed by atoms with Gasteiger partial charge in [-0.2, -0.15) is 0 Å². The van der Waals surface area contributed by atoms with E-state index >= 15 is 0 Å². The molecule has 0 atom stereocenters. The van der Waals surface area contributed by atoms with Crippen molar-refractivity contribution in [1.29, 1.82) is 0 Å². The largest absolute Gasteiger partial charge is 0.396 e. The molecule has 0 spiro atoms. The molecule has 0 unspecified atom stereocenters. The van der Waals surface area contributed by atoms with Crippen LogP contribution in [0.3, 0.4) is 0 Å². The lowest BCUT2D eigenvalue weighted by atomic mass is 10.2. The molecule has 0 aliphatic rings.